The van der Waals surface area contributed by atoms with E-state index in [1.165, 1.54) is 0 Å². The summed E-state index contributed by atoms with van der Waals surface area (Å²) in [7, 11) is -17.3. The number of aliphatic hydroxyl groups is 2. The van der Waals surface area contributed by atoms with Crippen molar-refractivity contribution in [2.45, 2.75) is 37.1 Å². The average molecular weight is 678 g/mol. The van der Waals surface area contributed by atoms with Gasteiger partial charge in [-0.3, -0.25) is 9.42 Å². The maximum atomic E-state index is 14.0. The van der Waals surface area contributed by atoms with Crippen LogP contribution in [-0.2, 0) is 38.0 Å². The van der Waals surface area contributed by atoms with Crippen LogP contribution in [0.3, 0.4) is 0 Å². The van der Waals surface area contributed by atoms with Crippen molar-refractivity contribution >= 4 is 29.5 Å². The van der Waals surface area contributed by atoms with Gasteiger partial charge in [0.2, 0.25) is 0 Å². The minimum Gasteiger partial charge on any atom is -0.387 e. The Kier molecular flexibility index (Phi) is 10.4. The van der Waals surface area contributed by atoms with Crippen LogP contribution < -0.4 is 0 Å². The Balaban J connectivity index is 1.74. The van der Waals surface area contributed by atoms with Gasteiger partial charge in [0.1, 0.15) is 29.9 Å². The van der Waals surface area contributed by atoms with E-state index >= 15 is 0 Å². The van der Waals surface area contributed by atoms with E-state index in [4.69, 9.17) is 14.5 Å². The van der Waals surface area contributed by atoms with Crippen molar-refractivity contribution in [1.82, 2.24) is 9.80 Å². The normalized spacial score (nSPS) is 26.6. The van der Waals surface area contributed by atoms with Gasteiger partial charge in [0, 0.05) is 18.8 Å². The first-order chi connectivity index (χ1) is 19.1. The van der Waals surface area contributed by atoms with Crippen LogP contribution in [0.15, 0.2) is 30.0 Å². The maximum absolute atomic E-state index is 14.0. The summed E-state index contributed by atoms with van der Waals surface area (Å²) in [6, 6.07) is 1.25. The van der Waals surface area contributed by atoms with Gasteiger partial charge in [-0.15, -0.1) is 0 Å². The Bertz CT molecular complexity index is 1360. The third-order valence-electron chi connectivity index (χ3n) is 5.61. The van der Waals surface area contributed by atoms with Gasteiger partial charge in [0.15, 0.2) is 6.23 Å². The number of amides is 2. The van der Waals surface area contributed by atoms with E-state index in [1.54, 1.807) is 0 Å². The molecule has 1 aromatic carbocycles. The zero-order valence-electron chi connectivity index (χ0n) is 20.5. The van der Waals surface area contributed by atoms with Gasteiger partial charge in [0.05, 0.1) is 18.7 Å². The van der Waals surface area contributed by atoms with E-state index in [-0.39, 0.29) is 23.1 Å². The average Bonchev–Trinajstić information content (AvgIpc) is 3.08. The Morgan fingerprint density at radius 3 is 2.21 bits per heavy atom. The zero-order chi connectivity index (χ0) is 31.8. The van der Waals surface area contributed by atoms with Gasteiger partial charge < -0.3 is 39.4 Å². The van der Waals surface area contributed by atoms with Crippen molar-refractivity contribution in [3.05, 3.63) is 47.2 Å². The second kappa shape index (κ2) is 12.6. The maximum Gasteiger partial charge on any atom is 0.490 e. The molecule has 6 atom stereocenters. The predicted octanol–water partition coefficient (Wildman–Crippen LogP) is 1.48. The number of carbonyl (C=O) groups excluding carboxylic acids is 1. The topological polar surface area (TPSA) is 233 Å². The molecular weight excluding hydrogens is 656 g/mol. The number of aliphatic hydroxyl groups excluding tert-OH is 2. The minimum atomic E-state index is -5.90. The summed E-state index contributed by atoms with van der Waals surface area (Å²) in [5.41, 5.74) is -1.46. The van der Waals surface area contributed by atoms with Crippen molar-refractivity contribution in [2.24, 2.45) is 0 Å². The number of carbonyl (C=O) groups is 1. The summed E-state index contributed by atoms with van der Waals surface area (Å²) >= 11 is 0. The molecule has 0 aliphatic carbocycles. The molecule has 6 N–H and O–H groups in total. The van der Waals surface area contributed by atoms with E-state index in [2.05, 4.69) is 13.1 Å². The Labute approximate surface area is 231 Å². The van der Waals surface area contributed by atoms with Gasteiger partial charge in [-0.05, 0) is 18.1 Å². The van der Waals surface area contributed by atoms with Crippen LogP contribution in [0, 0.1) is 11.6 Å². The summed E-state index contributed by atoms with van der Waals surface area (Å²) in [6.07, 6.45) is -13.3. The number of halogens is 5. The molecular formula is C18H22F5N2O14P3. The molecule has 2 unspecified atom stereocenters. The number of hydrogen-bond donors (Lipinski definition) is 6. The lowest BCUT2D eigenvalue weighted by molar-refractivity contribution is -0.105. The number of rotatable bonds is 11. The zero-order valence-corrected chi connectivity index (χ0v) is 23.2. The van der Waals surface area contributed by atoms with Crippen LogP contribution in [0.2, 0.25) is 0 Å². The van der Waals surface area contributed by atoms with Gasteiger partial charge in [-0.2, -0.15) is 21.8 Å². The molecule has 1 aromatic rings. The summed E-state index contributed by atoms with van der Waals surface area (Å²) in [5, 5.41) is 20.7. The molecule has 2 heterocycles. The molecule has 16 nitrogen and oxygen atoms in total. The van der Waals surface area contributed by atoms with E-state index < -0.39 is 97.1 Å². The Morgan fingerprint density at radius 1 is 1.00 bits per heavy atom. The van der Waals surface area contributed by atoms with E-state index in [1.807, 2.05) is 0 Å². The summed E-state index contributed by atoms with van der Waals surface area (Å²) in [4.78, 5) is 49.7. The van der Waals surface area contributed by atoms with Crippen LogP contribution in [0.4, 0.5) is 26.7 Å². The van der Waals surface area contributed by atoms with E-state index in [0.29, 0.717) is 11.0 Å². The lowest BCUT2D eigenvalue weighted by atomic mass is 10.1. The number of urea groups is 1. The molecule has 0 spiro atoms. The number of hydrogen-bond acceptors (Lipinski definition) is 10. The standard InChI is InChI=1S/C18H22F5N2O14P3/c19-11-2-1-9(12(20)5-11)3-4-24-6-10(18(21,22)23)7-25(17(24)28)16-15(27)14(26)13(37-16)8-36-41(32,33)39-42(34,35)38-40(29,30)31/h1-2,5,7,13-16,26-27H,3-4,6,8H2,(H,32,33)(H,34,35)(H2,29,30,31)/t13-,14+,15+,16-/m1/s1. The molecule has 0 saturated carbocycles. The van der Waals surface area contributed by atoms with Crippen molar-refractivity contribution < 1.29 is 88.1 Å². The first kappa shape index (κ1) is 34.7. The van der Waals surface area contributed by atoms with E-state index in [0.717, 1.165) is 12.1 Å². The van der Waals surface area contributed by atoms with Gasteiger partial charge in [0.25, 0.3) is 0 Å². The first-order valence-corrected chi connectivity index (χ1v) is 15.7. The molecule has 238 valence electrons. The largest absolute Gasteiger partial charge is 0.490 e. The monoisotopic (exact) mass is 678 g/mol. The molecule has 3 rings (SSSR count). The summed E-state index contributed by atoms with van der Waals surface area (Å²) < 4.78 is 119. The number of benzene rings is 1. The highest BCUT2D eigenvalue weighted by Gasteiger charge is 2.51. The molecule has 0 bridgehead atoms. The highest BCUT2D eigenvalue weighted by atomic mass is 31.3. The number of phosphoric acid groups is 3. The van der Waals surface area contributed by atoms with Crippen molar-refractivity contribution in [3.63, 3.8) is 0 Å². The van der Waals surface area contributed by atoms with Gasteiger partial charge in [-0.25, -0.2) is 27.3 Å². The lowest BCUT2D eigenvalue weighted by Crippen LogP contribution is -2.54. The number of phosphoric ester groups is 1. The third-order valence-corrected chi connectivity index (χ3v) is 9.41. The quantitative estimate of drug-likeness (QED) is 0.144. The smallest absolute Gasteiger partial charge is 0.387 e. The molecule has 42 heavy (non-hydrogen) atoms. The third kappa shape index (κ3) is 9.09. The van der Waals surface area contributed by atoms with Crippen LogP contribution in [0.25, 0.3) is 0 Å². The second-order valence-electron chi connectivity index (χ2n) is 8.68. The van der Waals surface area contributed by atoms with Crippen molar-refractivity contribution in [2.75, 3.05) is 19.7 Å². The Morgan fingerprint density at radius 2 is 1.64 bits per heavy atom. The minimum absolute atomic E-state index is 0.127. The first-order valence-electron chi connectivity index (χ1n) is 11.2. The van der Waals surface area contributed by atoms with Crippen LogP contribution in [0.1, 0.15) is 5.56 Å². The predicted molar refractivity (Wildman–Crippen MR) is 123 cm³/mol. The summed E-state index contributed by atoms with van der Waals surface area (Å²) in [6.45, 7) is -2.82. The molecule has 2 aliphatic rings. The fourth-order valence-electron chi connectivity index (χ4n) is 3.77. The molecule has 0 radical (unpaired) electrons. The fraction of sp³-hybridized carbons (Fsp3) is 0.500. The van der Waals surface area contributed by atoms with Gasteiger partial charge >= 0.3 is 35.7 Å². The lowest BCUT2D eigenvalue weighted by Gasteiger charge is -2.38. The molecule has 2 aliphatic heterocycles. The van der Waals surface area contributed by atoms with Crippen LogP contribution in [0.5, 0.6) is 0 Å². The molecule has 0 aromatic heterocycles. The molecule has 2 amide bonds. The highest BCUT2D eigenvalue weighted by molar-refractivity contribution is 7.66. The van der Waals surface area contributed by atoms with Crippen molar-refractivity contribution in [1.29, 1.82) is 0 Å². The molecule has 24 heteroatoms. The number of ether oxygens (including phenoxy) is 1. The SMILES string of the molecule is O=C1N(CCc2ccc(F)cc2F)CC(C(F)(F)F)=CN1[C@@H]1O[C@H](COP(=O)(O)OP(=O)(O)OP(=O)(O)O)[C@H](O)[C@@H]1O. The van der Waals surface area contributed by atoms with Crippen molar-refractivity contribution in [3.8, 4) is 0 Å². The Hall–Kier alpha value is -1.83. The number of alkyl halides is 3. The van der Waals surface area contributed by atoms with E-state index in [9.17, 15) is 60.4 Å². The van der Waals surface area contributed by atoms with Crippen LogP contribution in [-0.4, -0.2) is 96.0 Å². The fourth-order valence-corrected chi connectivity index (χ4v) is 6.80. The molecule has 1 fully saturated rings. The highest BCUT2D eigenvalue weighted by Crippen LogP contribution is 2.66. The van der Waals surface area contributed by atoms with Gasteiger partial charge in [-0.1, -0.05) is 6.07 Å². The number of nitrogens with zero attached hydrogens (tertiary/aromatic N) is 2. The second-order valence-corrected chi connectivity index (χ2v) is 13.1. The molecule has 1 saturated heterocycles. The van der Waals surface area contributed by atoms with Crippen LogP contribution >= 0.6 is 23.5 Å². The summed E-state index contributed by atoms with van der Waals surface area (Å²) in [5.74, 6) is -1.92.